The van der Waals surface area contributed by atoms with E-state index in [9.17, 15) is 0 Å². The minimum absolute atomic E-state index is 0.260. The molecule has 140 valence electrons. The Morgan fingerprint density at radius 1 is 0.963 bits per heavy atom. The Morgan fingerprint density at radius 2 is 1.63 bits per heavy atom. The van der Waals surface area contributed by atoms with Gasteiger partial charge in [-0.25, -0.2) is 4.68 Å². The maximum Gasteiger partial charge on any atom is 0.144 e. The van der Waals surface area contributed by atoms with Crippen LogP contribution in [0.15, 0.2) is 60.7 Å². The van der Waals surface area contributed by atoms with Crippen LogP contribution in [0.3, 0.4) is 0 Å². The first kappa shape index (κ1) is 17.8. The summed E-state index contributed by atoms with van der Waals surface area (Å²) in [5.41, 5.74) is 4.32. The molecule has 2 heterocycles. The molecule has 0 unspecified atom stereocenters. The van der Waals surface area contributed by atoms with Crippen LogP contribution in [0.5, 0.6) is 5.75 Å². The molecule has 0 saturated carbocycles. The molecule has 4 heteroatoms. The van der Waals surface area contributed by atoms with Crippen LogP contribution in [0.1, 0.15) is 38.3 Å². The highest BCUT2D eigenvalue weighted by molar-refractivity contribution is 5.64. The number of nitrogens with zero attached hydrogens (tertiary/aromatic N) is 2. The molecule has 1 aliphatic heterocycles. The Kier molecular flexibility index (Phi) is 4.99. The van der Waals surface area contributed by atoms with Crippen molar-refractivity contribution in [3.8, 4) is 22.7 Å². The van der Waals surface area contributed by atoms with E-state index in [4.69, 9.17) is 14.6 Å². The van der Waals surface area contributed by atoms with Crippen molar-refractivity contribution in [3.63, 3.8) is 0 Å². The normalized spacial score (nSPS) is 22.6. The lowest BCUT2D eigenvalue weighted by atomic mass is 9.89. The standard InChI is InChI=1S/C23H26N2O2/c1-16-13-19(14-17(2)27-16)20-15-22(18-9-5-4-6-10-18)25(24-20)21-11-7-8-12-23(21)26-3/h4-12,15-17,19H,13-14H2,1-3H3/t16-,17-/m1/s1. The van der Waals surface area contributed by atoms with Crippen molar-refractivity contribution in [3.05, 3.63) is 66.4 Å². The van der Waals surface area contributed by atoms with E-state index in [0.717, 1.165) is 41.2 Å². The molecule has 1 fully saturated rings. The number of para-hydroxylation sites is 2. The van der Waals surface area contributed by atoms with Crippen molar-refractivity contribution in [1.82, 2.24) is 9.78 Å². The monoisotopic (exact) mass is 362 g/mol. The van der Waals surface area contributed by atoms with Crippen LogP contribution in [0.4, 0.5) is 0 Å². The minimum atomic E-state index is 0.260. The van der Waals surface area contributed by atoms with Gasteiger partial charge in [0.25, 0.3) is 0 Å². The third kappa shape index (κ3) is 3.62. The van der Waals surface area contributed by atoms with Crippen molar-refractivity contribution in [1.29, 1.82) is 0 Å². The molecular formula is C23H26N2O2. The Bertz CT molecular complexity index is 894. The van der Waals surface area contributed by atoms with Gasteiger partial charge < -0.3 is 9.47 Å². The number of aromatic nitrogens is 2. The third-order valence-corrected chi connectivity index (χ3v) is 5.23. The van der Waals surface area contributed by atoms with Crippen molar-refractivity contribution >= 4 is 0 Å². The molecule has 0 bridgehead atoms. The highest BCUT2D eigenvalue weighted by Gasteiger charge is 2.28. The van der Waals surface area contributed by atoms with Crippen LogP contribution in [0.25, 0.3) is 16.9 Å². The Balaban J connectivity index is 1.83. The predicted octanol–water partition coefficient (Wildman–Crippen LogP) is 5.22. The topological polar surface area (TPSA) is 36.3 Å². The van der Waals surface area contributed by atoms with E-state index in [1.807, 2.05) is 28.9 Å². The fraction of sp³-hybridized carbons (Fsp3) is 0.348. The Hall–Kier alpha value is -2.59. The highest BCUT2D eigenvalue weighted by Crippen LogP contribution is 2.36. The summed E-state index contributed by atoms with van der Waals surface area (Å²) >= 11 is 0. The number of hydrogen-bond acceptors (Lipinski definition) is 3. The number of benzene rings is 2. The zero-order valence-corrected chi connectivity index (χ0v) is 16.1. The van der Waals surface area contributed by atoms with Crippen LogP contribution >= 0.6 is 0 Å². The second-order valence-electron chi connectivity index (χ2n) is 7.33. The molecule has 2 aromatic carbocycles. The average molecular weight is 362 g/mol. The van der Waals surface area contributed by atoms with E-state index >= 15 is 0 Å². The molecule has 4 rings (SSSR count). The molecule has 0 aliphatic carbocycles. The molecule has 3 aromatic rings. The molecule has 27 heavy (non-hydrogen) atoms. The van der Waals surface area contributed by atoms with Crippen molar-refractivity contribution < 1.29 is 9.47 Å². The summed E-state index contributed by atoms with van der Waals surface area (Å²) in [6.07, 6.45) is 2.52. The van der Waals surface area contributed by atoms with E-state index in [0.29, 0.717) is 5.92 Å². The van der Waals surface area contributed by atoms with Gasteiger partial charge in [0.2, 0.25) is 0 Å². The second-order valence-corrected chi connectivity index (χ2v) is 7.33. The lowest BCUT2D eigenvalue weighted by Crippen LogP contribution is -2.28. The zero-order valence-electron chi connectivity index (χ0n) is 16.1. The molecule has 2 atom stereocenters. The van der Waals surface area contributed by atoms with Crippen molar-refractivity contribution in [2.45, 2.75) is 44.8 Å². The Morgan fingerprint density at radius 3 is 2.33 bits per heavy atom. The van der Waals surface area contributed by atoms with E-state index in [1.165, 1.54) is 0 Å². The predicted molar refractivity (Wildman–Crippen MR) is 108 cm³/mol. The first-order valence-electron chi connectivity index (χ1n) is 9.60. The summed E-state index contributed by atoms with van der Waals surface area (Å²) in [5.74, 6) is 1.22. The van der Waals surface area contributed by atoms with E-state index in [2.05, 4.69) is 50.2 Å². The summed E-state index contributed by atoms with van der Waals surface area (Å²) in [4.78, 5) is 0. The average Bonchev–Trinajstić information content (AvgIpc) is 3.13. The summed E-state index contributed by atoms with van der Waals surface area (Å²) in [7, 11) is 1.70. The smallest absolute Gasteiger partial charge is 0.144 e. The van der Waals surface area contributed by atoms with E-state index in [-0.39, 0.29) is 12.2 Å². The van der Waals surface area contributed by atoms with Gasteiger partial charge in [0.05, 0.1) is 30.7 Å². The first-order valence-corrected chi connectivity index (χ1v) is 9.60. The molecule has 0 N–H and O–H groups in total. The van der Waals surface area contributed by atoms with E-state index < -0.39 is 0 Å². The molecule has 0 radical (unpaired) electrons. The quantitative estimate of drug-likeness (QED) is 0.638. The van der Waals surface area contributed by atoms with Crippen LogP contribution in [0.2, 0.25) is 0 Å². The van der Waals surface area contributed by atoms with Crippen LogP contribution in [-0.4, -0.2) is 29.1 Å². The van der Waals surface area contributed by atoms with Gasteiger partial charge in [-0.05, 0) is 44.9 Å². The molecule has 4 nitrogen and oxygen atoms in total. The number of hydrogen-bond donors (Lipinski definition) is 0. The first-order chi connectivity index (χ1) is 13.2. The maximum absolute atomic E-state index is 5.93. The number of rotatable bonds is 4. The van der Waals surface area contributed by atoms with Gasteiger partial charge in [0.15, 0.2) is 0 Å². The molecule has 0 amide bonds. The molecule has 1 aromatic heterocycles. The van der Waals surface area contributed by atoms with E-state index in [1.54, 1.807) is 7.11 Å². The van der Waals surface area contributed by atoms with Gasteiger partial charge in [0.1, 0.15) is 11.4 Å². The lowest BCUT2D eigenvalue weighted by Gasteiger charge is -2.31. The molecular weight excluding hydrogens is 336 g/mol. The van der Waals surface area contributed by atoms with Crippen molar-refractivity contribution in [2.24, 2.45) is 0 Å². The van der Waals surface area contributed by atoms with Crippen molar-refractivity contribution in [2.75, 3.05) is 7.11 Å². The van der Waals surface area contributed by atoms with Crippen LogP contribution < -0.4 is 4.74 Å². The highest BCUT2D eigenvalue weighted by atomic mass is 16.5. The van der Waals surface area contributed by atoms with Gasteiger partial charge in [-0.1, -0.05) is 42.5 Å². The SMILES string of the molecule is COc1ccccc1-n1nc(C2C[C@@H](C)O[C@H](C)C2)cc1-c1ccccc1. The summed E-state index contributed by atoms with van der Waals surface area (Å²) in [6.45, 7) is 4.30. The molecule has 1 aliphatic rings. The maximum atomic E-state index is 5.93. The van der Waals surface area contributed by atoms with Gasteiger partial charge >= 0.3 is 0 Å². The van der Waals surface area contributed by atoms with Gasteiger partial charge in [-0.2, -0.15) is 5.10 Å². The van der Waals surface area contributed by atoms with Gasteiger partial charge in [0, 0.05) is 11.5 Å². The van der Waals surface area contributed by atoms with Crippen LogP contribution in [0, 0.1) is 0 Å². The van der Waals surface area contributed by atoms with Gasteiger partial charge in [-0.15, -0.1) is 0 Å². The molecule has 0 spiro atoms. The summed E-state index contributed by atoms with van der Waals surface area (Å²) in [5, 5.41) is 5.04. The third-order valence-electron chi connectivity index (χ3n) is 5.23. The zero-order chi connectivity index (χ0) is 18.8. The Labute approximate surface area is 160 Å². The lowest BCUT2D eigenvalue weighted by molar-refractivity contribution is -0.0385. The van der Waals surface area contributed by atoms with Crippen LogP contribution in [-0.2, 0) is 4.74 Å². The summed E-state index contributed by atoms with van der Waals surface area (Å²) in [6, 6.07) is 20.7. The fourth-order valence-electron chi connectivity index (χ4n) is 4.05. The second kappa shape index (κ2) is 7.57. The fourth-order valence-corrected chi connectivity index (χ4v) is 4.05. The minimum Gasteiger partial charge on any atom is -0.494 e. The van der Waals surface area contributed by atoms with Gasteiger partial charge in [-0.3, -0.25) is 0 Å². The number of ether oxygens (including phenoxy) is 2. The largest absolute Gasteiger partial charge is 0.494 e. The molecule has 1 saturated heterocycles. The summed E-state index contributed by atoms with van der Waals surface area (Å²) < 4.78 is 13.5. The number of methoxy groups -OCH3 is 1.